The third-order valence-corrected chi connectivity index (χ3v) is 3.91. The van der Waals surface area contributed by atoms with Crippen molar-refractivity contribution < 1.29 is 14.3 Å². The number of nitrogens with zero attached hydrogens (tertiary/aromatic N) is 1. The minimum absolute atomic E-state index is 0.172. The molecule has 2 aromatic carbocycles. The Balaban J connectivity index is 2.33. The molecule has 128 valence electrons. The van der Waals surface area contributed by atoms with E-state index in [1.165, 1.54) is 14.2 Å². The van der Waals surface area contributed by atoms with E-state index in [2.05, 4.69) is 5.32 Å². The number of anilines is 1. The van der Waals surface area contributed by atoms with Crippen LogP contribution in [0.25, 0.3) is 0 Å². The Hall–Kier alpha value is -2.24. The van der Waals surface area contributed by atoms with Crippen LogP contribution < -0.4 is 14.8 Å². The highest BCUT2D eigenvalue weighted by atomic mass is 35.5. The number of hydrogen-bond donors (Lipinski definition) is 1. The summed E-state index contributed by atoms with van der Waals surface area (Å²) in [4.78, 5) is 14.7. The molecule has 0 heterocycles. The van der Waals surface area contributed by atoms with E-state index >= 15 is 0 Å². The van der Waals surface area contributed by atoms with Crippen molar-refractivity contribution in [1.82, 2.24) is 4.90 Å². The average Bonchev–Trinajstić information content (AvgIpc) is 2.56. The van der Waals surface area contributed by atoms with Crippen LogP contribution in [0.15, 0.2) is 42.5 Å². The van der Waals surface area contributed by atoms with Gasteiger partial charge in [0.15, 0.2) is 0 Å². The van der Waals surface area contributed by atoms with E-state index in [1.807, 2.05) is 49.3 Å². The monoisotopic (exact) mass is 348 g/mol. The molecule has 6 heteroatoms. The molecule has 1 amide bonds. The third kappa shape index (κ3) is 3.99. The van der Waals surface area contributed by atoms with Gasteiger partial charge in [0.05, 0.1) is 24.9 Å². The number of benzene rings is 2. The number of hydrogen-bond acceptors (Lipinski definition) is 4. The molecule has 2 rings (SSSR count). The zero-order valence-electron chi connectivity index (χ0n) is 14.2. The van der Waals surface area contributed by atoms with E-state index in [0.29, 0.717) is 22.2 Å². The Morgan fingerprint density at radius 2 is 1.71 bits per heavy atom. The molecule has 0 aliphatic rings. The highest BCUT2D eigenvalue weighted by Crippen LogP contribution is 2.36. The van der Waals surface area contributed by atoms with Crippen molar-refractivity contribution in [3.8, 4) is 11.5 Å². The fourth-order valence-corrected chi connectivity index (χ4v) is 2.71. The SMILES string of the molecule is COc1cc(NC(=O)C(c2ccccc2)N(C)C)c(OC)cc1Cl. The molecule has 5 nitrogen and oxygen atoms in total. The van der Waals surface area contributed by atoms with E-state index in [-0.39, 0.29) is 5.91 Å². The second kappa shape index (κ2) is 8.04. The van der Waals surface area contributed by atoms with Crippen molar-refractivity contribution in [2.75, 3.05) is 33.6 Å². The summed E-state index contributed by atoms with van der Waals surface area (Å²) < 4.78 is 10.5. The standard InChI is InChI=1S/C18H21ClN2O3/c1-21(2)17(12-8-6-5-7-9-12)18(22)20-14-11-15(23-3)13(19)10-16(14)24-4/h5-11,17H,1-4H3,(H,20,22). The number of likely N-dealkylation sites (N-methyl/N-ethyl adjacent to an activating group) is 1. The Morgan fingerprint density at radius 3 is 2.25 bits per heavy atom. The maximum atomic E-state index is 12.8. The second-order valence-electron chi connectivity index (χ2n) is 5.45. The van der Waals surface area contributed by atoms with Crippen LogP contribution in [0.4, 0.5) is 5.69 Å². The average molecular weight is 349 g/mol. The van der Waals surface area contributed by atoms with Crippen molar-refractivity contribution >= 4 is 23.2 Å². The van der Waals surface area contributed by atoms with E-state index < -0.39 is 6.04 Å². The molecule has 0 saturated heterocycles. The van der Waals surface area contributed by atoms with Crippen LogP contribution in [0.1, 0.15) is 11.6 Å². The normalized spacial score (nSPS) is 11.9. The van der Waals surface area contributed by atoms with Gasteiger partial charge >= 0.3 is 0 Å². The van der Waals surface area contributed by atoms with Gasteiger partial charge in [0.1, 0.15) is 17.5 Å². The Labute approximate surface area is 147 Å². The largest absolute Gasteiger partial charge is 0.495 e. The molecule has 0 radical (unpaired) electrons. The van der Waals surface area contributed by atoms with Crippen LogP contribution in [-0.4, -0.2) is 39.1 Å². The lowest BCUT2D eigenvalue weighted by Crippen LogP contribution is -2.32. The van der Waals surface area contributed by atoms with Gasteiger partial charge in [-0.05, 0) is 19.7 Å². The number of ether oxygens (including phenoxy) is 2. The summed E-state index contributed by atoms with van der Waals surface area (Å²) >= 11 is 6.10. The quantitative estimate of drug-likeness (QED) is 0.866. The van der Waals surface area contributed by atoms with E-state index in [0.717, 1.165) is 5.56 Å². The lowest BCUT2D eigenvalue weighted by atomic mass is 10.1. The number of halogens is 1. The first-order valence-corrected chi connectivity index (χ1v) is 7.79. The molecule has 1 unspecified atom stereocenters. The molecule has 0 bridgehead atoms. The minimum atomic E-state index is -0.433. The van der Waals surface area contributed by atoms with E-state index in [4.69, 9.17) is 21.1 Å². The van der Waals surface area contributed by atoms with Crippen LogP contribution in [0.3, 0.4) is 0 Å². The van der Waals surface area contributed by atoms with Gasteiger partial charge in [0.25, 0.3) is 0 Å². The maximum absolute atomic E-state index is 12.8. The molecule has 2 aromatic rings. The third-order valence-electron chi connectivity index (χ3n) is 3.61. The summed E-state index contributed by atoms with van der Waals surface area (Å²) in [6, 6.07) is 12.4. The predicted molar refractivity (Wildman–Crippen MR) is 96.1 cm³/mol. The van der Waals surface area contributed by atoms with Gasteiger partial charge in [0, 0.05) is 12.1 Å². The van der Waals surface area contributed by atoms with Crippen LogP contribution in [-0.2, 0) is 4.79 Å². The number of carbonyl (C=O) groups is 1. The van der Waals surface area contributed by atoms with Crippen molar-refractivity contribution in [2.24, 2.45) is 0 Å². The molecule has 1 N–H and O–H groups in total. The van der Waals surface area contributed by atoms with Crippen molar-refractivity contribution in [3.63, 3.8) is 0 Å². The summed E-state index contributed by atoms with van der Waals surface area (Å²) in [6.07, 6.45) is 0. The van der Waals surface area contributed by atoms with Gasteiger partial charge in [-0.1, -0.05) is 41.9 Å². The second-order valence-corrected chi connectivity index (χ2v) is 5.86. The molecule has 0 aromatic heterocycles. The summed E-state index contributed by atoms with van der Waals surface area (Å²) in [5.41, 5.74) is 1.41. The first kappa shape index (κ1) is 18.1. The zero-order chi connectivity index (χ0) is 17.7. The van der Waals surface area contributed by atoms with Crippen LogP contribution in [0.2, 0.25) is 5.02 Å². The highest BCUT2D eigenvalue weighted by molar-refractivity contribution is 6.32. The van der Waals surface area contributed by atoms with Gasteiger partial charge in [-0.15, -0.1) is 0 Å². The number of nitrogens with one attached hydrogen (secondary N) is 1. The van der Waals surface area contributed by atoms with Crippen molar-refractivity contribution in [2.45, 2.75) is 6.04 Å². The topological polar surface area (TPSA) is 50.8 Å². The number of carbonyl (C=O) groups excluding carboxylic acids is 1. The van der Waals surface area contributed by atoms with Crippen LogP contribution >= 0.6 is 11.6 Å². The summed E-state index contributed by atoms with van der Waals surface area (Å²) in [7, 11) is 6.76. The molecular formula is C18H21ClN2O3. The predicted octanol–water partition coefficient (Wildman–Crippen LogP) is 3.60. The fourth-order valence-electron chi connectivity index (χ4n) is 2.48. The Morgan fingerprint density at radius 1 is 1.08 bits per heavy atom. The summed E-state index contributed by atoms with van der Waals surface area (Å²) in [5.74, 6) is 0.766. The van der Waals surface area contributed by atoms with Gasteiger partial charge in [-0.2, -0.15) is 0 Å². The van der Waals surface area contributed by atoms with Crippen LogP contribution in [0.5, 0.6) is 11.5 Å². The first-order valence-electron chi connectivity index (χ1n) is 7.41. The molecule has 0 aliphatic carbocycles. The lowest BCUT2D eigenvalue weighted by Gasteiger charge is -2.24. The smallest absolute Gasteiger partial charge is 0.246 e. The molecular weight excluding hydrogens is 328 g/mol. The van der Waals surface area contributed by atoms with Gasteiger partial charge < -0.3 is 14.8 Å². The Bertz CT molecular complexity index is 705. The van der Waals surface area contributed by atoms with Gasteiger partial charge in [0.2, 0.25) is 5.91 Å². The fraction of sp³-hybridized carbons (Fsp3) is 0.278. The number of amides is 1. The molecule has 24 heavy (non-hydrogen) atoms. The van der Waals surface area contributed by atoms with Crippen molar-refractivity contribution in [1.29, 1.82) is 0 Å². The summed E-state index contributed by atoms with van der Waals surface area (Å²) in [6.45, 7) is 0. The first-order chi connectivity index (χ1) is 11.5. The lowest BCUT2D eigenvalue weighted by molar-refractivity contribution is -0.120. The maximum Gasteiger partial charge on any atom is 0.246 e. The number of rotatable bonds is 6. The van der Waals surface area contributed by atoms with Gasteiger partial charge in [-0.3, -0.25) is 9.69 Å². The van der Waals surface area contributed by atoms with Gasteiger partial charge in [-0.25, -0.2) is 0 Å². The molecule has 0 spiro atoms. The molecule has 0 fully saturated rings. The Kier molecular flexibility index (Phi) is 6.06. The zero-order valence-corrected chi connectivity index (χ0v) is 14.9. The number of methoxy groups -OCH3 is 2. The molecule has 0 aliphatic heterocycles. The van der Waals surface area contributed by atoms with Crippen LogP contribution in [0, 0.1) is 0 Å². The van der Waals surface area contributed by atoms with Crippen molar-refractivity contribution in [3.05, 3.63) is 53.1 Å². The molecule has 1 atom stereocenters. The highest BCUT2D eigenvalue weighted by Gasteiger charge is 2.24. The summed E-state index contributed by atoms with van der Waals surface area (Å²) in [5, 5.41) is 3.32. The van der Waals surface area contributed by atoms with E-state index in [1.54, 1.807) is 12.1 Å². The van der Waals surface area contributed by atoms with E-state index in [9.17, 15) is 4.79 Å². The minimum Gasteiger partial charge on any atom is -0.495 e. The molecule has 0 saturated carbocycles.